The van der Waals surface area contributed by atoms with E-state index < -0.39 is 70.5 Å². The Bertz CT molecular complexity index is 3360. The van der Waals surface area contributed by atoms with Gasteiger partial charge in [-0.25, -0.2) is 9.69 Å². The van der Waals surface area contributed by atoms with E-state index in [0.717, 1.165) is 10.5 Å². The number of nitro benzene ring substituents is 1. The Morgan fingerprint density at radius 1 is 0.795 bits per heavy atom. The third-order valence-corrected chi connectivity index (χ3v) is 14.5. The second-order valence-corrected chi connectivity index (χ2v) is 19.4. The summed E-state index contributed by atoms with van der Waals surface area (Å²) < 4.78 is 18.3. The standard InChI is InChI=1S/C62H55N5O11/c1-64(39-42-15-6-2-7-16-42)34-14-17-41-26-33-51-50(37-41)62(60(72)65(51)61(73)77-40-43-24-29-48(30-25-43)67(74)75)53(58(70)63-38-52(69)44-18-8-3-9-19-44)55-59(71)78-56(46-22-12-5-13-23-46)54(45-20-10-4-11-21-45)66(55)57(62)47-27-31-49(32-28-47)76-36-35-68/h2-13,15-16,18-33,37,52-57,68-69H,34-36,38-40H2,1H3,(H,63,70)/t52-,53-,54-,55-,56+,57+,62-/m0/s1. The van der Waals surface area contributed by atoms with Crippen molar-refractivity contribution in [3.63, 3.8) is 0 Å². The molecule has 7 atom stereocenters. The van der Waals surface area contributed by atoms with Gasteiger partial charge < -0.3 is 29.7 Å². The maximum atomic E-state index is 16.7. The molecule has 0 bridgehead atoms. The van der Waals surface area contributed by atoms with Crippen LogP contribution in [0.15, 0.2) is 188 Å². The number of amides is 3. The molecular weight excluding hydrogens is 991 g/mol. The van der Waals surface area contributed by atoms with Gasteiger partial charge in [0.25, 0.3) is 5.69 Å². The Kier molecular flexibility index (Phi) is 15.5. The number of anilines is 1. The van der Waals surface area contributed by atoms with Gasteiger partial charge in [-0.3, -0.25) is 34.3 Å². The number of nitro groups is 1. The Morgan fingerprint density at radius 3 is 2.09 bits per heavy atom. The molecule has 3 amide bonds. The number of aliphatic hydroxyl groups is 2. The molecule has 2 saturated heterocycles. The Morgan fingerprint density at radius 2 is 1.44 bits per heavy atom. The van der Waals surface area contributed by atoms with E-state index in [2.05, 4.69) is 17.2 Å². The lowest BCUT2D eigenvalue weighted by atomic mass is 9.65. The number of aliphatic hydroxyl groups excluding tert-OH is 2. The largest absolute Gasteiger partial charge is 0.491 e. The molecule has 3 aliphatic heterocycles. The number of nitrogens with one attached hydrogen (secondary N) is 1. The molecule has 2 fully saturated rings. The predicted molar refractivity (Wildman–Crippen MR) is 288 cm³/mol. The summed E-state index contributed by atoms with van der Waals surface area (Å²) >= 11 is 0. The highest BCUT2D eigenvalue weighted by Crippen LogP contribution is 2.66. The first-order chi connectivity index (χ1) is 38.0. The Hall–Kier alpha value is -8.98. The van der Waals surface area contributed by atoms with Crippen molar-refractivity contribution in [1.29, 1.82) is 0 Å². The lowest BCUT2D eigenvalue weighted by molar-refractivity contribution is -0.384. The highest BCUT2D eigenvalue weighted by molar-refractivity contribution is 6.23. The number of benzene rings is 7. The van der Waals surface area contributed by atoms with E-state index in [-0.39, 0.29) is 43.3 Å². The van der Waals surface area contributed by atoms with Crippen LogP contribution in [-0.2, 0) is 42.4 Å². The number of rotatable bonds is 16. The molecular formula is C62H55N5O11. The van der Waals surface area contributed by atoms with Crippen LogP contribution in [0.5, 0.6) is 5.75 Å². The normalized spacial score (nSPS) is 20.7. The van der Waals surface area contributed by atoms with Crippen molar-refractivity contribution in [3.05, 3.63) is 243 Å². The fourth-order valence-electron chi connectivity index (χ4n) is 11.1. The lowest BCUT2D eigenvalue weighted by Crippen LogP contribution is -2.56. The second-order valence-electron chi connectivity index (χ2n) is 19.4. The number of cyclic esters (lactones) is 1. The first kappa shape index (κ1) is 52.5. The van der Waals surface area contributed by atoms with Crippen molar-refractivity contribution in [2.75, 3.05) is 38.3 Å². The minimum atomic E-state index is -2.18. The molecule has 3 aliphatic rings. The average Bonchev–Trinajstić information content (AvgIpc) is 2.70. The summed E-state index contributed by atoms with van der Waals surface area (Å²) in [5.41, 5.74) is 2.15. The highest BCUT2D eigenvalue weighted by atomic mass is 16.6. The molecule has 0 aliphatic carbocycles. The Labute approximate surface area is 450 Å². The summed E-state index contributed by atoms with van der Waals surface area (Å²) in [5.74, 6) is 2.77. The summed E-state index contributed by atoms with van der Waals surface area (Å²) in [4.78, 5) is 78.9. The number of nitrogens with zero attached hydrogens (tertiary/aromatic N) is 4. The maximum absolute atomic E-state index is 16.7. The monoisotopic (exact) mass is 1050 g/mol. The van der Waals surface area contributed by atoms with Crippen LogP contribution in [0.1, 0.15) is 68.8 Å². The zero-order valence-corrected chi connectivity index (χ0v) is 42.5. The van der Waals surface area contributed by atoms with Crippen LogP contribution in [0.4, 0.5) is 16.2 Å². The number of esters is 1. The smallest absolute Gasteiger partial charge is 0.421 e. The average molecular weight is 1050 g/mol. The summed E-state index contributed by atoms with van der Waals surface area (Å²) in [6.07, 6.45) is -3.31. The number of non-ortho nitro benzene ring substituents is 1. The third kappa shape index (κ3) is 10.3. The van der Waals surface area contributed by atoms with E-state index in [1.54, 1.807) is 72.8 Å². The van der Waals surface area contributed by atoms with Crippen molar-refractivity contribution >= 4 is 35.3 Å². The molecule has 0 saturated carbocycles. The summed E-state index contributed by atoms with van der Waals surface area (Å²) in [7, 11) is 1.94. The predicted octanol–water partition coefficient (Wildman–Crippen LogP) is 8.30. The molecule has 1 spiro atoms. The van der Waals surface area contributed by atoms with Gasteiger partial charge in [0.15, 0.2) is 0 Å². The van der Waals surface area contributed by atoms with Crippen molar-refractivity contribution in [1.82, 2.24) is 15.1 Å². The van der Waals surface area contributed by atoms with Gasteiger partial charge >= 0.3 is 12.1 Å². The lowest BCUT2D eigenvalue weighted by Gasteiger charge is -2.46. The molecule has 0 aromatic heterocycles. The number of carbonyl (C=O) groups excluding carboxylic acids is 4. The van der Waals surface area contributed by atoms with Crippen LogP contribution >= 0.6 is 0 Å². The maximum Gasteiger partial charge on any atom is 0.421 e. The molecule has 10 rings (SSSR count). The summed E-state index contributed by atoms with van der Waals surface area (Å²) in [6, 6.07) is 50.8. The number of imide groups is 1. The van der Waals surface area contributed by atoms with Gasteiger partial charge in [-0.15, -0.1) is 0 Å². The van der Waals surface area contributed by atoms with E-state index in [9.17, 15) is 25.1 Å². The van der Waals surface area contributed by atoms with Gasteiger partial charge in [0, 0.05) is 30.8 Å². The van der Waals surface area contributed by atoms with Crippen LogP contribution in [-0.4, -0.2) is 88.2 Å². The molecule has 78 heavy (non-hydrogen) atoms. The molecule has 7 aromatic rings. The minimum absolute atomic E-state index is 0.00661. The van der Waals surface area contributed by atoms with Crippen LogP contribution in [0.25, 0.3) is 0 Å². The molecule has 0 unspecified atom stereocenters. The first-order valence-electron chi connectivity index (χ1n) is 25.5. The fraction of sp³-hybridized carbons (Fsp3) is 0.226. The molecule has 16 heteroatoms. The zero-order chi connectivity index (χ0) is 54.3. The molecule has 16 nitrogen and oxygen atoms in total. The first-order valence-corrected chi connectivity index (χ1v) is 25.5. The fourth-order valence-corrected chi connectivity index (χ4v) is 11.1. The van der Waals surface area contributed by atoms with Crippen LogP contribution < -0.4 is 15.0 Å². The van der Waals surface area contributed by atoms with Gasteiger partial charge in [-0.2, -0.15) is 0 Å². The topological polar surface area (TPSA) is 201 Å². The van der Waals surface area contributed by atoms with Crippen LogP contribution in [0, 0.1) is 27.9 Å². The molecule has 3 heterocycles. The summed E-state index contributed by atoms with van der Waals surface area (Å²) in [6.45, 7) is -0.00376. The van der Waals surface area contributed by atoms with Gasteiger partial charge in [-0.1, -0.05) is 145 Å². The number of ether oxygens (including phenoxy) is 3. The van der Waals surface area contributed by atoms with Crippen LogP contribution in [0.3, 0.4) is 0 Å². The van der Waals surface area contributed by atoms with Gasteiger partial charge in [0.05, 0.1) is 47.9 Å². The van der Waals surface area contributed by atoms with E-state index >= 15 is 14.4 Å². The number of carbonyl (C=O) groups is 4. The number of morpholine rings is 1. The summed E-state index contributed by atoms with van der Waals surface area (Å²) in [5, 5.41) is 35.6. The van der Waals surface area contributed by atoms with E-state index in [1.165, 1.54) is 24.3 Å². The number of hydrogen-bond donors (Lipinski definition) is 3. The van der Waals surface area contributed by atoms with Crippen molar-refractivity contribution < 1.29 is 48.5 Å². The minimum Gasteiger partial charge on any atom is -0.491 e. The van der Waals surface area contributed by atoms with Crippen molar-refractivity contribution in [2.24, 2.45) is 5.92 Å². The van der Waals surface area contributed by atoms with Gasteiger partial charge in [-0.05, 0) is 88.5 Å². The quantitative estimate of drug-likeness (QED) is 0.0362. The van der Waals surface area contributed by atoms with Gasteiger partial charge in [0.2, 0.25) is 11.8 Å². The number of fused-ring (bicyclic) bond motifs is 3. The number of hydrogen-bond acceptors (Lipinski definition) is 13. The second kappa shape index (κ2) is 23.1. The molecule has 7 aromatic carbocycles. The van der Waals surface area contributed by atoms with E-state index in [1.807, 2.05) is 108 Å². The van der Waals surface area contributed by atoms with Crippen molar-refractivity contribution in [3.8, 4) is 17.6 Å². The zero-order valence-electron chi connectivity index (χ0n) is 42.5. The third-order valence-electron chi connectivity index (χ3n) is 14.5. The Balaban J connectivity index is 1.19. The molecule has 0 radical (unpaired) electrons. The van der Waals surface area contributed by atoms with Crippen molar-refractivity contribution in [2.45, 2.75) is 48.9 Å². The molecule has 394 valence electrons. The van der Waals surface area contributed by atoms with E-state index in [0.29, 0.717) is 52.2 Å². The highest BCUT2D eigenvalue weighted by Gasteiger charge is 2.75. The van der Waals surface area contributed by atoms with Gasteiger partial charge in [0.1, 0.15) is 36.5 Å². The SMILES string of the molecule is CN(CC#Cc1ccc2c(c1)[C@]1(C(=O)N2C(=O)OCc2ccc([N+](=O)[O-])cc2)[C@H](C(=O)NC[C@H](O)c2ccccc2)[C@H]2C(=O)O[C@H](c3ccccc3)[C@H](c3ccccc3)N2[C@@H]1c1ccc(OCCO)cc1)Cc1ccccc1. The van der Waals surface area contributed by atoms with E-state index in [4.69, 9.17) is 14.2 Å². The van der Waals surface area contributed by atoms with Crippen LogP contribution in [0.2, 0.25) is 0 Å². The molecule has 3 N–H and O–H groups in total.